The molecule has 0 aliphatic heterocycles. The van der Waals surface area contributed by atoms with Gasteiger partial charge >= 0.3 is 6.09 Å². The van der Waals surface area contributed by atoms with E-state index in [9.17, 15) is 29.7 Å². The molecule has 0 radical (unpaired) electrons. The Morgan fingerprint density at radius 3 is 2.34 bits per heavy atom. The number of fused-ring (bicyclic) bond motifs is 1. The predicted molar refractivity (Wildman–Crippen MR) is 167 cm³/mol. The van der Waals surface area contributed by atoms with Crippen molar-refractivity contribution in [2.75, 3.05) is 31.6 Å². The van der Waals surface area contributed by atoms with Gasteiger partial charge < -0.3 is 51.0 Å². The molecule has 3 amide bonds. The molecule has 5 rings (SSSR count). The number of carbonyl (C=O) groups is 3. The fourth-order valence-electron chi connectivity index (χ4n) is 5.35. The lowest BCUT2D eigenvalue weighted by molar-refractivity contribution is -0.125. The molecular formula is C31H36N8O8. The van der Waals surface area contributed by atoms with Gasteiger partial charge in [0.15, 0.2) is 11.5 Å². The maximum absolute atomic E-state index is 13.3. The van der Waals surface area contributed by atoms with E-state index in [-0.39, 0.29) is 48.9 Å². The number of aliphatic hydroxyl groups is 4. The molecule has 0 bridgehead atoms. The van der Waals surface area contributed by atoms with Crippen LogP contribution in [-0.4, -0.2) is 108 Å². The molecule has 16 heteroatoms. The molecule has 1 aliphatic rings. The van der Waals surface area contributed by atoms with Gasteiger partial charge in [0.05, 0.1) is 31.1 Å². The van der Waals surface area contributed by atoms with Crippen molar-refractivity contribution >= 4 is 34.9 Å². The van der Waals surface area contributed by atoms with Gasteiger partial charge in [-0.1, -0.05) is 48.5 Å². The Balaban J connectivity index is 1.36. The molecule has 1 saturated carbocycles. The minimum Gasteiger partial charge on any atom is -0.410 e. The minimum atomic E-state index is -1.35. The van der Waals surface area contributed by atoms with Crippen molar-refractivity contribution in [1.29, 1.82) is 0 Å². The summed E-state index contributed by atoms with van der Waals surface area (Å²) in [6.45, 7) is -0.997. The summed E-state index contributed by atoms with van der Waals surface area (Å²) in [4.78, 5) is 50.4. The highest BCUT2D eigenvalue weighted by Crippen LogP contribution is 2.34. The number of hydrogen-bond donors (Lipinski definition) is 8. The molecule has 1 unspecified atom stereocenters. The lowest BCUT2D eigenvalue weighted by Crippen LogP contribution is -2.44. The number of aliphatic hydroxyl groups excluding tert-OH is 4. The molecule has 2 aromatic heterocycles. The lowest BCUT2D eigenvalue weighted by atomic mass is 10.1. The highest BCUT2D eigenvalue weighted by Gasteiger charge is 2.44. The smallest absolute Gasteiger partial charge is 0.410 e. The van der Waals surface area contributed by atoms with E-state index < -0.39 is 54.8 Å². The van der Waals surface area contributed by atoms with Crippen LogP contribution in [0.2, 0.25) is 0 Å². The number of rotatable bonds is 13. The summed E-state index contributed by atoms with van der Waals surface area (Å²) in [6.07, 6.45) is -1.50. The first-order chi connectivity index (χ1) is 22.8. The first-order valence-electron chi connectivity index (χ1n) is 15.0. The number of amides is 3. The van der Waals surface area contributed by atoms with Gasteiger partial charge in [0, 0.05) is 13.1 Å². The minimum absolute atomic E-state index is 0.0131. The average molecular weight is 649 g/mol. The Kier molecular flexibility index (Phi) is 10.9. The Morgan fingerprint density at radius 1 is 0.936 bits per heavy atom. The number of imidazole rings is 1. The van der Waals surface area contributed by atoms with E-state index in [1.165, 1.54) is 10.9 Å². The second-order valence-corrected chi connectivity index (χ2v) is 10.9. The van der Waals surface area contributed by atoms with E-state index in [0.29, 0.717) is 12.2 Å². The summed E-state index contributed by atoms with van der Waals surface area (Å²) in [7, 11) is 0. The van der Waals surface area contributed by atoms with E-state index in [1.807, 2.05) is 30.3 Å². The van der Waals surface area contributed by atoms with Crippen molar-refractivity contribution in [2.24, 2.45) is 0 Å². The van der Waals surface area contributed by atoms with Crippen LogP contribution >= 0.6 is 0 Å². The van der Waals surface area contributed by atoms with Gasteiger partial charge in [0.1, 0.15) is 30.1 Å². The zero-order valence-corrected chi connectivity index (χ0v) is 25.2. The summed E-state index contributed by atoms with van der Waals surface area (Å²) in [5, 5.41) is 51.6. The van der Waals surface area contributed by atoms with Crippen LogP contribution in [0.5, 0.6) is 5.75 Å². The van der Waals surface area contributed by atoms with E-state index >= 15 is 0 Å². The van der Waals surface area contributed by atoms with Crippen molar-refractivity contribution in [1.82, 2.24) is 35.5 Å². The number of aromatic nitrogens is 4. The van der Waals surface area contributed by atoms with Gasteiger partial charge in [-0.2, -0.15) is 0 Å². The van der Waals surface area contributed by atoms with Crippen molar-refractivity contribution < 1.29 is 39.5 Å². The summed E-state index contributed by atoms with van der Waals surface area (Å²) in [5.41, 5.74) is 1.34. The summed E-state index contributed by atoms with van der Waals surface area (Å²) < 4.78 is 6.66. The van der Waals surface area contributed by atoms with E-state index in [1.54, 1.807) is 30.3 Å². The fourth-order valence-corrected chi connectivity index (χ4v) is 5.35. The number of anilines is 1. The summed E-state index contributed by atoms with van der Waals surface area (Å²) >= 11 is 0. The first-order valence-corrected chi connectivity index (χ1v) is 15.0. The standard InChI is InChI=1S/C31H36N8O8/c40-15-19(13-18-7-3-1-4-8-18)35-27-24-29(39(17-34-24)22-14-21(25(43)26(22)44)36-23(42)16-41)38-28(37-27)30(45)32-11-12-33-31(46)47-20-9-5-2-6-10-20/h1-10,17,19,21-22,25-26,40-41,43-44H,11-16H2,(H,32,45)(H,33,46)(H,36,42)(H,35,37,38)/t19-,21-,22-,25+,26?/m0/s1. The van der Waals surface area contributed by atoms with Crippen LogP contribution in [0.15, 0.2) is 67.0 Å². The van der Waals surface area contributed by atoms with Gasteiger partial charge in [0.2, 0.25) is 11.7 Å². The monoisotopic (exact) mass is 648 g/mol. The molecule has 4 aromatic rings. The van der Waals surface area contributed by atoms with Gasteiger partial charge in [-0.25, -0.2) is 19.7 Å². The predicted octanol–water partition coefficient (Wildman–Crippen LogP) is -0.496. The average Bonchev–Trinajstić information content (AvgIpc) is 3.63. The number of hydrogen-bond acceptors (Lipinski definition) is 12. The zero-order valence-electron chi connectivity index (χ0n) is 25.2. The Bertz CT molecular complexity index is 1670. The second kappa shape index (κ2) is 15.4. The molecule has 0 spiro atoms. The highest BCUT2D eigenvalue weighted by atomic mass is 16.6. The van der Waals surface area contributed by atoms with E-state index in [0.717, 1.165) is 5.56 Å². The Morgan fingerprint density at radius 2 is 1.64 bits per heavy atom. The molecule has 0 saturated heterocycles. The SMILES string of the molecule is O=C(CO)N[C@H]1C[C@H](n2cnc3c(N[C@H](CO)Cc4ccccc4)nc(C(=O)NCCNC(=O)Oc4ccccc4)nc32)C(O)[C@@H]1O. The van der Waals surface area contributed by atoms with Crippen LogP contribution in [0.1, 0.15) is 28.6 Å². The topological polar surface area (TPSA) is 233 Å². The molecule has 8 N–H and O–H groups in total. The molecule has 47 heavy (non-hydrogen) atoms. The number of ether oxygens (including phenoxy) is 1. The summed E-state index contributed by atoms with van der Waals surface area (Å²) in [5.74, 6) is -1.13. The number of carbonyl (C=O) groups excluding carboxylic acids is 3. The van der Waals surface area contributed by atoms with Crippen molar-refractivity contribution in [3.8, 4) is 5.75 Å². The Hall–Kier alpha value is -5.16. The molecular weight excluding hydrogens is 612 g/mol. The molecule has 2 aromatic carbocycles. The quantitative estimate of drug-likeness (QED) is 0.0858. The van der Waals surface area contributed by atoms with Crippen molar-refractivity contribution in [2.45, 2.75) is 43.2 Å². The number of para-hydroxylation sites is 1. The number of nitrogens with one attached hydrogen (secondary N) is 4. The van der Waals surface area contributed by atoms with Gasteiger partial charge in [0.25, 0.3) is 5.91 Å². The van der Waals surface area contributed by atoms with Gasteiger partial charge in [-0.15, -0.1) is 0 Å². The van der Waals surface area contributed by atoms with Crippen LogP contribution in [-0.2, 0) is 11.2 Å². The van der Waals surface area contributed by atoms with E-state index in [4.69, 9.17) is 9.84 Å². The van der Waals surface area contributed by atoms with Crippen molar-refractivity contribution in [3.63, 3.8) is 0 Å². The third-order valence-corrected chi connectivity index (χ3v) is 7.64. The number of benzene rings is 2. The van der Waals surface area contributed by atoms with Crippen LogP contribution in [0.3, 0.4) is 0 Å². The molecule has 5 atom stereocenters. The lowest BCUT2D eigenvalue weighted by Gasteiger charge is -2.20. The largest absolute Gasteiger partial charge is 0.412 e. The van der Waals surface area contributed by atoms with E-state index in [2.05, 4.69) is 36.2 Å². The first kappa shape index (κ1) is 33.2. The van der Waals surface area contributed by atoms with Crippen LogP contribution in [0.25, 0.3) is 11.2 Å². The zero-order chi connectivity index (χ0) is 33.3. The molecule has 2 heterocycles. The normalized spacial score (nSPS) is 19.6. The Labute approximate surface area is 268 Å². The molecule has 1 aliphatic carbocycles. The molecule has 248 valence electrons. The molecule has 1 fully saturated rings. The van der Waals surface area contributed by atoms with Crippen LogP contribution < -0.4 is 26.0 Å². The third kappa shape index (κ3) is 8.17. The van der Waals surface area contributed by atoms with Gasteiger partial charge in [-0.05, 0) is 30.5 Å². The maximum Gasteiger partial charge on any atom is 0.412 e. The maximum atomic E-state index is 13.3. The van der Waals surface area contributed by atoms with Gasteiger partial charge in [-0.3, -0.25) is 9.59 Å². The fraction of sp³-hybridized carbons (Fsp3) is 0.355. The van der Waals surface area contributed by atoms with Crippen LogP contribution in [0, 0.1) is 0 Å². The summed E-state index contributed by atoms with van der Waals surface area (Å²) in [6, 6.07) is 15.8. The highest BCUT2D eigenvalue weighted by molar-refractivity contribution is 5.94. The second-order valence-electron chi connectivity index (χ2n) is 10.9. The van der Waals surface area contributed by atoms with Crippen molar-refractivity contribution in [3.05, 3.63) is 78.4 Å². The number of nitrogens with zero attached hydrogens (tertiary/aromatic N) is 4. The van der Waals surface area contributed by atoms with Crippen LogP contribution in [0.4, 0.5) is 10.6 Å². The molecule has 16 nitrogen and oxygen atoms in total. The third-order valence-electron chi connectivity index (χ3n) is 7.64.